The molecule has 0 aromatic heterocycles. The normalized spacial score (nSPS) is 11.9. The molecule has 0 aliphatic heterocycles. The molecule has 0 saturated heterocycles. The molecule has 0 radical (unpaired) electrons. The van der Waals surface area contributed by atoms with Gasteiger partial charge in [-0.1, -0.05) is 0 Å². The molecule has 0 bridgehead atoms. The van der Waals surface area contributed by atoms with Crippen LogP contribution in [0.25, 0.3) is 0 Å². The number of urea groups is 1. The van der Waals surface area contributed by atoms with Crippen molar-refractivity contribution in [2.75, 3.05) is 31.8 Å². The van der Waals surface area contributed by atoms with Gasteiger partial charge in [-0.15, -0.1) is 0 Å². The number of thioether (sulfide) groups is 1. The Bertz CT molecular complexity index is 226. The van der Waals surface area contributed by atoms with E-state index in [0.29, 0.717) is 6.54 Å². The molecule has 0 rings (SSSR count). The minimum Gasteiger partial charge on any atom is -0.480 e. The minimum atomic E-state index is -1.02. The van der Waals surface area contributed by atoms with Crippen LogP contribution in [0.4, 0.5) is 4.79 Å². The van der Waals surface area contributed by atoms with Gasteiger partial charge in [-0.25, -0.2) is 9.59 Å². The summed E-state index contributed by atoms with van der Waals surface area (Å²) >= 11 is 1.65. The quantitative estimate of drug-likeness (QED) is 0.533. The highest BCUT2D eigenvalue weighted by Gasteiger charge is 2.05. The van der Waals surface area contributed by atoms with Gasteiger partial charge in [0.1, 0.15) is 6.61 Å². The SMILES string of the molecule is CSCC(C)NC(=O)NCCOCC(=O)O. The minimum absolute atomic E-state index is 0.106. The molecule has 0 aliphatic rings. The van der Waals surface area contributed by atoms with E-state index in [1.54, 1.807) is 11.8 Å². The summed E-state index contributed by atoms with van der Waals surface area (Å²) in [6.07, 6.45) is 1.97. The van der Waals surface area contributed by atoms with Crippen molar-refractivity contribution in [3.63, 3.8) is 0 Å². The number of hydrogen-bond acceptors (Lipinski definition) is 4. The number of amides is 2. The Hall–Kier alpha value is -0.950. The van der Waals surface area contributed by atoms with Crippen LogP contribution in [0.3, 0.4) is 0 Å². The summed E-state index contributed by atoms with van der Waals surface area (Å²) in [7, 11) is 0. The molecule has 16 heavy (non-hydrogen) atoms. The van der Waals surface area contributed by atoms with E-state index in [2.05, 4.69) is 10.6 Å². The number of carboxylic acid groups (broad SMARTS) is 1. The number of ether oxygens (including phenoxy) is 1. The lowest BCUT2D eigenvalue weighted by Crippen LogP contribution is -2.42. The predicted octanol–water partition coefficient (Wildman–Crippen LogP) is 0.138. The van der Waals surface area contributed by atoms with Crippen molar-refractivity contribution in [3.05, 3.63) is 0 Å². The average molecular weight is 250 g/mol. The molecule has 6 nitrogen and oxygen atoms in total. The molecular weight excluding hydrogens is 232 g/mol. The number of aliphatic carboxylic acids is 1. The molecular formula is C9H18N2O4S. The zero-order chi connectivity index (χ0) is 12.4. The fourth-order valence-electron chi connectivity index (χ4n) is 0.963. The van der Waals surface area contributed by atoms with Gasteiger partial charge in [0, 0.05) is 18.3 Å². The Morgan fingerprint density at radius 3 is 2.75 bits per heavy atom. The molecule has 0 fully saturated rings. The zero-order valence-corrected chi connectivity index (χ0v) is 10.3. The van der Waals surface area contributed by atoms with Crippen molar-refractivity contribution in [2.24, 2.45) is 0 Å². The van der Waals surface area contributed by atoms with E-state index in [4.69, 9.17) is 9.84 Å². The van der Waals surface area contributed by atoms with E-state index >= 15 is 0 Å². The summed E-state index contributed by atoms with van der Waals surface area (Å²) in [4.78, 5) is 21.3. The Labute approximate surface area is 99.1 Å². The third-order valence-electron chi connectivity index (χ3n) is 1.55. The summed E-state index contributed by atoms with van der Waals surface area (Å²) in [5.41, 5.74) is 0. The highest BCUT2D eigenvalue weighted by molar-refractivity contribution is 7.98. The first kappa shape index (κ1) is 15.0. The lowest BCUT2D eigenvalue weighted by molar-refractivity contribution is -0.142. The van der Waals surface area contributed by atoms with Crippen LogP contribution >= 0.6 is 11.8 Å². The van der Waals surface area contributed by atoms with Gasteiger partial charge in [0.2, 0.25) is 0 Å². The Morgan fingerprint density at radius 2 is 2.19 bits per heavy atom. The van der Waals surface area contributed by atoms with Crippen LogP contribution in [0, 0.1) is 0 Å². The van der Waals surface area contributed by atoms with Crippen molar-refractivity contribution >= 4 is 23.8 Å². The lowest BCUT2D eigenvalue weighted by Gasteiger charge is -2.13. The molecule has 0 aliphatic carbocycles. The number of carbonyl (C=O) groups excluding carboxylic acids is 1. The molecule has 2 amide bonds. The number of carbonyl (C=O) groups is 2. The summed E-state index contributed by atoms with van der Waals surface area (Å²) in [6, 6.07) is -0.157. The van der Waals surface area contributed by atoms with Crippen LogP contribution in [-0.2, 0) is 9.53 Å². The molecule has 0 saturated carbocycles. The van der Waals surface area contributed by atoms with E-state index < -0.39 is 5.97 Å². The fraction of sp³-hybridized carbons (Fsp3) is 0.778. The van der Waals surface area contributed by atoms with Gasteiger partial charge in [-0.2, -0.15) is 11.8 Å². The molecule has 94 valence electrons. The van der Waals surface area contributed by atoms with Crippen molar-refractivity contribution in [2.45, 2.75) is 13.0 Å². The fourth-order valence-corrected chi connectivity index (χ4v) is 1.55. The number of carboxylic acids is 1. The first-order chi connectivity index (χ1) is 7.56. The van der Waals surface area contributed by atoms with Gasteiger partial charge in [-0.3, -0.25) is 0 Å². The molecule has 0 aromatic rings. The van der Waals surface area contributed by atoms with Gasteiger partial charge in [-0.05, 0) is 13.2 Å². The number of nitrogens with one attached hydrogen (secondary N) is 2. The summed E-state index contributed by atoms with van der Waals surface area (Å²) < 4.78 is 4.75. The highest BCUT2D eigenvalue weighted by atomic mass is 32.2. The van der Waals surface area contributed by atoms with Gasteiger partial charge >= 0.3 is 12.0 Å². The summed E-state index contributed by atoms with van der Waals surface area (Å²) in [5.74, 6) is -0.166. The Balaban J connectivity index is 3.40. The van der Waals surface area contributed by atoms with E-state index in [-0.39, 0.29) is 25.3 Å². The third kappa shape index (κ3) is 9.60. The Kier molecular flexibility index (Phi) is 8.74. The van der Waals surface area contributed by atoms with Crippen LogP contribution in [-0.4, -0.2) is 54.9 Å². The third-order valence-corrected chi connectivity index (χ3v) is 2.38. The molecule has 0 aromatic carbocycles. The van der Waals surface area contributed by atoms with Crippen molar-refractivity contribution in [1.82, 2.24) is 10.6 Å². The van der Waals surface area contributed by atoms with Crippen LogP contribution in [0.5, 0.6) is 0 Å². The van der Waals surface area contributed by atoms with Gasteiger partial charge in [0.25, 0.3) is 0 Å². The van der Waals surface area contributed by atoms with E-state index in [0.717, 1.165) is 5.75 Å². The van der Waals surface area contributed by atoms with E-state index in [9.17, 15) is 9.59 Å². The molecule has 1 atom stereocenters. The standard InChI is InChI=1S/C9H18N2O4S/c1-7(6-16-2)11-9(14)10-3-4-15-5-8(12)13/h7H,3-6H2,1-2H3,(H,12,13)(H2,10,11,14). The molecule has 0 heterocycles. The van der Waals surface area contributed by atoms with Crippen LogP contribution in [0.2, 0.25) is 0 Å². The van der Waals surface area contributed by atoms with Crippen LogP contribution < -0.4 is 10.6 Å². The molecule has 1 unspecified atom stereocenters. The Morgan fingerprint density at radius 1 is 1.50 bits per heavy atom. The largest absolute Gasteiger partial charge is 0.480 e. The maximum absolute atomic E-state index is 11.2. The monoisotopic (exact) mass is 250 g/mol. The van der Waals surface area contributed by atoms with Crippen LogP contribution in [0.15, 0.2) is 0 Å². The zero-order valence-electron chi connectivity index (χ0n) is 9.49. The topological polar surface area (TPSA) is 87.7 Å². The van der Waals surface area contributed by atoms with E-state index in [1.807, 2.05) is 13.2 Å². The smallest absolute Gasteiger partial charge is 0.329 e. The molecule has 3 N–H and O–H groups in total. The predicted molar refractivity (Wildman–Crippen MR) is 62.8 cm³/mol. The maximum atomic E-state index is 11.2. The molecule has 7 heteroatoms. The van der Waals surface area contributed by atoms with Crippen LogP contribution in [0.1, 0.15) is 6.92 Å². The van der Waals surface area contributed by atoms with Crippen molar-refractivity contribution in [1.29, 1.82) is 0 Å². The highest BCUT2D eigenvalue weighted by Crippen LogP contribution is 1.95. The molecule has 0 spiro atoms. The van der Waals surface area contributed by atoms with Gasteiger partial charge < -0.3 is 20.5 Å². The van der Waals surface area contributed by atoms with E-state index in [1.165, 1.54) is 0 Å². The number of rotatable bonds is 8. The second kappa shape index (κ2) is 9.29. The summed E-state index contributed by atoms with van der Waals surface area (Å²) in [6.45, 7) is 2.06. The summed E-state index contributed by atoms with van der Waals surface area (Å²) in [5, 5.41) is 13.6. The second-order valence-corrected chi connectivity index (χ2v) is 4.11. The second-order valence-electron chi connectivity index (χ2n) is 3.20. The van der Waals surface area contributed by atoms with Gasteiger partial charge in [0.05, 0.1) is 6.61 Å². The average Bonchev–Trinajstić information content (AvgIpc) is 2.16. The first-order valence-electron chi connectivity index (χ1n) is 4.89. The van der Waals surface area contributed by atoms with Crippen molar-refractivity contribution in [3.8, 4) is 0 Å². The maximum Gasteiger partial charge on any atom is 0.329 e. The van der Waals surface area contributed by atoms with Crippen molar-refractivity contribution < 1.29 is 19.4 Å². The lowest BCUT2D eigenvalue weighted by atomic mass is 10.4. The first-order valence-corrected chi connectivity index (χ1v) is 6.28. The number of hydrogen-bond donors (Lipinski definition) is 3. The van der Waals surface area contributed by atoms with Gasteiger partial charge in [0.15, 0.2) is 0 Å².